The Morgan fingerprint density at radius 2 is 2.08 bits per heavy atom. The number of fused-ring (bicyclic) bond motifs is 1. The number of nitrogens with one attached hydrogen (secondary N) is 1. The zero-order chi connectivity index (χ0) is 18.1. The molecule has 1 amide bonds. The second-order valence-electron chi connectivity index (χ2n) is 6.88. The van der Waals surface area contributed by atoms with Crippen molar-refractivity contribution >= 4 is 5.91 Å². The van der Waals surface area contributed by atoms with Gasteiger partial charge in [0.15, 0.2) is 0 Å². The molecule has 0 bridgehead atoms. The van der Waals surface area contributed by atoms with Gasteiger partial charge >= 0.3 is 0 Å². The highest BCUT2D eigenvalue weighted by Gasteiger charge is 2.25. The van der Waals surface area contributed by atoms with E-state index in [9.17, 15) is 4.79 Å². The monoisotopic (exact) mass is 349 g/mol. The SMILES string of the molecule is Cc1nn(-c2ccccc2)c(C)c1CC(=O)N[C@@H]1CCCc2occc21. The molecule has 2 aromatic heterocycles. The first-order chi connectivity index (χ1) is 12.6. The molecule has 0 saturated carbocycles. The number of rotatable bonds is 4. The Hall–Kier alpha value is -2.82. The van der Waals surface area contributed by atoms with Gasteiger partial charge in [-0.25, -0.2) is 4.68 Å². The van der Waals surface area contributed by atoms with Crippen LogP contribution in [0.2, 0.25) is 0 Å². The topological polar surface area (TPSA) is 60.1 Å². The largest absolute Gasteiger partial charge is 0.469 e. The summed E-state index contributed by atoms with van der Waals surface area (Å²) in [6.45, 7) is 3.98. The molecule has 1 aromatic carbocycles. The molecule has 5 heteroatoms. The van der Waals surface area contributed by atoms with Crippen molar-refractivity contribution in [1.82, 2.24) is 15.1 Å². The summed E-state index contributed by atoms with van der Waals surface area (Å²) in [4.78, 5) is 12.7. The summed E-state index contributed by atoms with van der Waals surface area (Å²) in [5, 5.41) is 7.81. The third-order valence-corrected chi connectivity index (χ3v) is 5.17. The molecular weight excluding hydrogens is 326 g/mol. The van der Waals surface area contributed by atoms with Crippen LogP contribution >= 0.6 is 0 Å². The molecule has 26 heavy (non-hydrogen) atoms. The Morgan fingerprint density at radius 1 is 1.27 bits per heavy atom. The van der Waals surface area contributed by atoms with Crippen LogP contribution in [-0.2, 0) is 17.6 Å². The lowest BCUT2D eigenvalue weighted by atomic mass is 9.93. The molecule has 1 aliphatic carbocycles. The number of carbonyl (C=O) groups excluding carboxylic acids is 1. The number of hydrogen-bond donors (Lipinski definition) is 1. The van der Waals surface area contributed by atoms with E-state index in [1.54, 1.807) is 6.26 Å². The number of amides is 1. The van der Waals surface area contributed by atoms with Crippen LogP contribution in [0.4, 0.5) is 0 Å². The van der Waals surface area contributed by atoms with Gasteiger partial charge in [0.2, 0.25) is 5.91 Å². The Balaban J connectivity index is 1.52. The molecule has 0 radical (unpaired) electrons. The maximum atomic E-state index is 12.7. The lowest BCUT2D eigenvalue weighted by Gasteiger charge is -2.22. The first-order valence-electron chi connectivity index (χ1n) is 9.09. The van der Waals surface area contributed by atoms with Crippen LogP contribution in [0.3, 0.4) is 0 Å². The molecular formula is C21H23N3O2. The number of furan rings is 1. The highest BCUT2D eigenvalue weighted by atomic mass is 16.3. The first-order valence-corrected chi connectivity index (χ1v) is 9.09. The van der Waals surface area contributed by atoms with Crippen LogP contribution in [0.25, 0.3) is 5.69 Å². The van der Waals surface area contributed by atoms with Crippen molar-refractivity contribution in [3.63, 3.8) is 0 Å². The molecule has 0 saturated heterocycles. The van der Waals surface area contributed by atoms with Crippen LogP contribution < -0.4 is 5.32 Å². The van der Waals surface area contributed by atoms with E-state index in [0.29, 0.717) is 6.42 Å². The summed E-state index contributed by atoms with van der Waals surface area (Å²) in [5.41, 5.74) is 5.04. The van der Waals surface area contributed by atoms with E-state index < -0.39 is 0 Å². The minimum Gasteiger partial charge on any atom is -0.469 e. The average Bonchev–Trinajstić information content (AvgIpc) is 3.23. The molecule has 1 aliphatic rings. The Kier molecular flexibility index (Phi) is 4.37. The Labute approximate surface area is 153 Å². The van der Waals surface area contributed by atoms with Crippen molar-refractivity contribution in [2.45, 2.75) is 45.6 Å². The number of nitrogens with zero attached hydrogens (tertiary/aromatic N) is 2. The molecule has 0 unspecified atom stereocenters. The van der Waals surface area contributed by atoms with E-state index in [-0.39, 0.29) is 11.9 Å². The van der Waals surface area contributed by atoms with Crippen molar-refractivity contribution in [3.05, 3.63) is 70.9 Å². The predicted molar refractivity (Wildman–Crippen MR) is 99.3 cm³/mol. The molecule has 5 nitrogen and oxygen atoms in total. The molecule has 134 valence electrons. The van der Waals surface area contributed by atoms with Gasteiger partial charge < -0.3 is 9.73 Å². The van der Waals surface area contributed by atoms with Crippen molar-refractivity contribution in [1.29, 1.82) is 0 Å². The average molecular weight is 349 g/mol. The number of carbonyl (C=O) groups is 1. The molecule has 2 heterocycles. The summed E-state index contributed by atoms with van der Waals surface area (Å²) < 4.78 is 7.42. The van der Waals surface area contributed by atoms with Crippen LogP contribution in [0.1, 0.15) is 47.2 Å². The van der Waals surface area contributed by atoms with Gasteiger partial charge in [-0.15, -0.1) is 0 Å². The number of hydrogen-bond acceptors (Lipinski definition) is 3. The van der Waals surface area contributed by atoms with Crippen LogP contribution in [0.15, 0.2) is 47.1 Å². The summed E-state index contributed by atoms with van der Waals surface area (Å²) >= 11 is 0. The normalized spacial score (nSPS) is 16.3. The van der Waals surface area contributed by atoms with E-state index in [2.05, 4.69) is 10.4 Å². The van der Waals surface area contributed by atoms with Crippen molar-refractivity contribution in [2.24, 2.45) is 0 Å². The van der Waals surface area contributed by atoms with Crippen LogP contribution in [0, 0.1) is 13.8 Å². The van der Waals surface area contributed by atoms with Gasteiger partial charge in [-0.1, -0.05) is 18.2 Å². The number of benzene rings is 1. The van der Waals surface area contributed by atoms with Gasteiger partial charge in [0, 0.05) is 23.2 Å². The molecule has 0 spiro atoms. The molecule has 0 fully saturated rings. The van der Waals surface area contributed by atoms with Crippen molar-refractivity contribution in [3.8, 4) is 5.69 Å². The Bertz CT molecular complexity index is 924. The van der Waals surface area contributed by atoms with E-state index in [4.69, 9.17) is 4.42 Å². The van der Waals surface area contributed by atoms with Crippen molar-refractivity contribution < 1.29 is 9.21 Å². The first kappa shape index (κ1) is 16.6. The second-order valence-corrected chi connectivity index (χ2v) is 6.88. The van der Waals surface area contributed by atoms with E-state index in [1.807, 2.05) is 54.9 Å². The third kappa shape index (κ3) is 3.05. The van der Waals surface area contributed by atoms with Gasteiger partial charge in [0.05, 0.1) is 30.1 Å². The van der Waals surface area contributed by atoms with Gasteiger partial charge in [-0.2, -0.15) is 5.10 Å². The predicted octanol–water partition coefficient (Wildman–Crippen LogP) is 3.82. The molecule has 1 atom stereocenters. The minimum absolute atomic E-state index is 0.0304. The molecule has 1 N–H and O–H groups in total. The molecule has 0 aliphatic heterocycles. The summed E-state index contributed by atoms with van der Waals surface area (Å²) in [6, 6.07) is 12.0. The fourth-order valence-corrected chi connectivity index (χ4v) is 3.79. The van der Waals surface area contributed by atoms with E-state index >= 15 is 0 Å². The highest BCUT2D eigenvalue weighted by Crippen LogP contribution is 2.30. The van der Waals surface area contributed by atoms with Gasteiger partial charge in [-0.3, -0.25) is 4.79 Å². The highest BCUT2D eigenvalue weighted by molar-refractivity contribution is 5.79. The maximum absolute atomic E-state index is 12.7. The molecule has 4 rings (SSSR count). The van der Waals surface area contributed by atoms with Gasteiger partial charge in [0.25, 0.3) is 0 Å². The van der Waals surface area contributed by atoms with Gasteiger partial charge in [-0.05, 0) is 44.9 Å². The molecule has 3 aromatic rings. The van der Waals surface area contributed by atoms with Crippen LogP contribution in [-0.4, -0.2) is 15.7 Å². The maximum Gasteiger partial charge on any atom is 0.225 e. The third-order valence-electron chi connectivity index (χ3n) is 5.17. The van der Waals surface area contributed by atoms with Gasteiger partial charge in [0.1, 0.15) is 5.76 Å². The lowest BCUT2D eigenvalue weighted by Crippen LogP contribution is -2.31. The standard InChI is InChI=1S/C21H23N3O2/c1-14-18(15(2)24(23-14)16-7-4-3-5-8-16)13-21(25)22-19-9-6-10-20-17(19)11-12-26-20/h3-5,7-8,11-12,19H,6,9-10,13H2,1-2H3,(H,22,25)/t19-/m1/s1. The van der Waals surface area contributed by atoms with Crippen molar-refractivity contribution in [2.75, 3.05) is 0 Å². The lowest BCUT2D eigenvalue weighted by molar-refractivity contribution is -0.121. The van der Waals surface area contributed by atoms with Crippen LogP contribution in [0.5, 0.6) is 0 Å². The number of para-hydroxylation sites is 1. The second kappa shape index (κ2) is 6.83. The smallest absolute Gasteiger partial charge is 0.225 e. The fraction of sp³-hybridized carbons (Fsp3) is 0.333. The quantitative estimate of drug-likeness (QED) is 0.779. The zero-order valence-corrected chi connectivity index (χ0v) is 15.2. The summed E-state index contributed by atoms with van der Waals surface area (Å²) in [6.07, 6.45) is 5.01. The summed E-state index contributed by atoms with van der Waals surface area (Å²) in [7, 11) is 0. The number of aromatic nitrogens is 2. The number of aryl methyl sites for hydroxylation is 2. The van der Waals surface area contributed by atoms with E-state index in [0.717, 1.165) is 53.2 Å². The fourth-order valence-electron chi connectivity index (χ4n) is 3.79. The minimum atomic E-state index is 0.0304. The Morgan fingerprint density at radius 3 is 2.88 bits per heavy atom. The zero-order valence-electron chi connectivity index (χ0n) is 15.2. The summed E-state index contributed by atoms with van der Waals surface area (Å²) in [5.74, 6) is 1.04. The van der Waals surface area contributed by atoms with E-state index in [1.165, 1.54) is 0 Å².